The molecule has 1 aromatic rings. The fourth-order valence-corrected chi connectivity index (χ4v) is 2.33. The third-order valence-corrected chi connectivity index (χ3v) is 3.72. The van der Waals surface area contributed by atoms with Gasteiger partial charge in [-0.25, -0.2) is 4.68 Å². The molecule has 0 aromatic carbocycles. The molecule has 1 aromatic heterocycles. The van der Waals surface area contributed by atoms with E-state index in [4.69, 9.17) is 0 Å². The van der Waals surface area contributed by atoms with Gasteiger partial charge in [0, 0.05) is 18.2 Å². The molecule has 1 fully saturated rings. The van der Waals surface area contributed by atoms with Crippen LogP contribution >= 0.6 is 0 Å². The maximum atomic E-state index is 11.3. The standard InChI is InChI=1S/C13H22N4O/c1-12(2,3)11(8-18)17-7-10(15-16-17)13(5-6-13)9-14-4/h7-8,11,14H,5-6,9H2,1-4H3/t11-/m1/s1. The minimum absolute atomic E-state index is 0.146. The summed E-state index contributed by atoms with van der Waals surface area (Å²) in [5, 5.41) is 11.6. The molecule has 0 aliphatic heterocycles. The van der Waals surface area contributed by atoms with E-state index in [0.29, 0.717) is 0 Å². The van der Waals surface area contributed by atoms with Crippen molar-refractivity contribution in [1.82, 2.24) is 20.3 Å². The van der Waals surface area contributed by atoms with Gasteiger partial charge in [0.05, 0.1) is 5.69 Å². The van der Waals surface area contributed by atoms with Crippen LogP contribution in [-0.2, 0) is 10.2 Å². The summed E-state index contributed by atoms with van der Waals surface area (Å²) in [7, 11) is 1.95. The molecule has 0 bridgehead atoms. The van der Waals surface area contributed by atoms with Crippen LogP contribution in [0.3, 0.4) is 0 Å². The summed E-state index contributed by atoms with van der Waals surface area (Å²) in [6.45, 7) is 7.03. The van der Waals surface area contributed by atoms with Crippen LogP contribution in [0, 0.1) is 5.41 Å². The SMILES string of the molecule is CNCC1(c2cn([C@H](C=O)C(C)(C)C)nn2)CC1. The van der Waals surface area contributed by atoms with Crippen LogP contribution in [0.1, 0.15) is 45.3 Å². The van der Waals surface area contributed by atoms with Gasteiger partial charge in [0.2, 0.25) is 0 Å². The highest BCUT2D eigenvalue weighted by molar-refractivity contribution is 5.57. The Morgan fingerprint density at radius 2 is 2.22 bits per heavy atom. The number of aromatic nitrogens is 3. The number of hydrogen-bond donors (Lipinski definition) is 1. The molecule has 1 aliphatic carbocycles. The number of carbonyl (C=O) groups excluding carboxylic acids is 1. The van der Waals surface area contributed by atoms with E-state index >= 15 is 0 Å². The summed E-state index contributed by atoms with van der Waals surface area (Å²) in [5.74, 6) is 0. The minimum atomic E-state index is -0.260. The zero-order chi connectivity index (χ0) is 13.4. The van der Waals surface area contributed by atoms with E-state index in [-0.39, 0.29) is 16.9 Å². The predicted molar refractivity (Wildman–Crippen MR) is 69.4 cm³/mol. The summed E-state index contributed by atoms with van der Waals surface area (Å²) in [4.78, 5) is 11.3. The van der Waals surface area contributed by atoms with Crippen LogP contribution in [0.15, 0.2) is 6.20 Å². The Bertz CT molecular complexity index is 428. The molecule has 0 saturated heterocycles. The maximum Gasteiger partial charge on any atom is 0.145 e. The highest BCUT2D eigenvalue weighted by Crippen LogP contribution is 2.46. The van der Waals surface area contributed by atoms with Crippen LogP contribution in [0.4, 0.5) is 0 Å². The molecule has 0 unspecified atom stereocenters. The van der Waals surface area contributed by atoms with Crippen LogP contribution in [0.25, 0.3) is 0 Å². The largest absolute Gasteiger partial charge is 0.319 e. The normalized spacial score (nSPS) is 19.6. The highest BCUT2D eigenvalue weighted by atomic mass is 16.1. The van der Waals surface area contributed by atoms with Gasteiger partial charge in [-0.05, 0) is 25.3 Å². The molecule has 5 heteroatoms. The molecule has 18 heavy (non-hydrogen) atoms. The van der Waals surface area contributed by atoms with Crippen molar-refractivity contribution in [3.05, 3.63) is 11.9 Å². The first kappa shape index (κ1) is 13.2. The Labute approximate surface area is 108 Å². The molecule has 0 radical (unpaired) electrons. The summed E-state index contributed by atoms with van der Waals surface area (Å²) >= 11 is 0. The lowest BCUT2D eigenvalue weighted by Crippen LogP contribution is -2.26. The van der Waals surface area contributed by atoms with Crippen molar-refractivity contribution in [2.24, 2.45) is 5.41 Å². The van der Waals surface area contributed by atoms with E-state index in [1.807, 2.05) is 34.0 Å². The average Bonchev–Trinajstić information content (AvgIpc) is 2.88. The zero-order valence-corrected chi connectivity index (χ0v) is 11.6. The van der Waals surface area contributed by atoms with Crippen molar-refractivity contribution >= 4 is 6.29 Å². The Morgan fingerprint density at radius 3 is 2.67 bits per heavy atom. The molecule has 0 spiro atoms. The van der Waals surface area contributed by atoms with Gasteiger partial charge in [0.25, 0.3) is 0 Å². The van der Waals surface area contributed by atoms with E-state index in [0.717, 1.165) is 31.4 Å². The molecule has 100 valence electrons. The Kier molecular flexibility index (Phi) is 3.27. The van der Waals surface area contributed by atoms with Gasteiger partial charge in [-0.15, -0.1) is 5.10 Å². The van der Waals surface area contributed by atoms with E-state index in [1.165, 1.54) is 0 Å². The first-order chi connectivity index (χ1) is 8.43. The lowest BCUT2D eigenvalue weighted by atomic mass is 9.88. The lowest BCUT2D eigenvalue weighted by Gasteiger charge is -2.25. The number of nitrogens with one attached hydrogen (secondary N) is 1. The summed E-state index contributed by atoms with van der Waals surface area (Å²) < 4.78 is 1.71. The summed E-state index contributed by atoms with van der Waals surface area (Å²) in [6.07, 6.45) is 5.19. The van der Waals surface area contributed by atoms with Gasteiger partial charge >= 0.3 is 0 Å². The minimum Gasteiger partial charge on any atom is -0.319 e. The van der Waals surface area contributed by atoms with Crippen molar-refractivity contribution in [1.29, 1.82) is 0 Å². The second-order valence-electron chi connectivity index (χ2n) is 6.34. The second kappa shape index (κ2) is 4.46. The number of rotatable bonds is 5. The molecule has 0 amide bonds. The predicted octanol–water partition coefficient (Wildman–Crippen LogP) is 1.32. The monoisotopic (exact) mass is 250 g/mol. The van der Waals surface area contributed by atoms with Crippen molar-refractivity contribution in [2.45, 2.75) is 45.1 Å². The van der Waals surface area contributed by atoms with E-state index in [9.17, 15) is 4.79 Å². The Hall–Kier alpha value is -1.23. The maximum absolute atomic E-state index is 11.3. The van der Waals surface area contributed by atoms with Crippen molar-refractivity contribution in [3.63, 3.8) is 0 Å². The van der Waals surface area contributed by atoms with Gasteiger partial charge in [-0.1, -0.05) is 26.0 Å². The molecule has 1 heterocycles. The third kappa shape index (κ3) is 2.32. The topological polar surface area (TPSA) is 59.8 Å². The molecule has 1 aliphatic rings. The zero-order valence-electron chi connectivity index (χ0n) is 11.6. The molecule has 1 saturated carbocycles. The van der Waals surface area contributed by atoms with E-state index in [1.54, 1.807) is 4.68 Å². The van der Waals surface area contributed by atoms with Crippen LogP contribution in [0.2, 0.25) is 0 Å². The molecule has 1 N–H and O–H groups in total. The number of aldehydes is 1. The number of hydrogen-bond acceptors (Lipinski definition) is 4. The molecule has 2 rings (SSSR count). The van der Waals surface area contributed by atoms with E-state index in [2.05, 4.69) is 15.6 Å². The van der Waals surface area contributed by atoms with Crippen molar-refractivity contribution < 1.29 is 4.79 Å². The number of likely N-dealkylation sites (N-methyl/N-ethyl adjacent to an activating group) is 1. The van der Waals surface area contributed by atoms with Gasteiger partial charge in [-0.3, -0.25) is 0 Å². The van der Waals surface area contributed by atoms with Crippen LogP contribution < -0.4 is 5.32 Å². The molecular formula is C13H22N4O. The molecular weight excluding hydrogens is 228 g/mol. The second-order valence-corrected chi connectivity index (χ2v) is 6.34. The number of nitrogens with zero attached hydrogens (tertiary/aromatic N) is 3. The van der Waals surface area contributed by atoms with Gasteiger partial charge in [0.15, 0.2) is 0 Å². The number of carbonyl (C=O) groups is 1. The first-order valence-corrected chi connectivity index (χ1v) is 6.45. The molecule has 5 nitrogen and oxygen atoms in total. The highest BCUT2D eigenvalue weighted by Gasteiger charge is 2.46. The van der Waals surface area contributed by atoms with Gasteiger partial charge in [0.1, 0.15) is 12.3 Å². The molecule has 1 atom stereocenters. The fraction of sp³-hybridized carbons (Fsp3) is 0.769. The van der Waals surface area contributed by atoms with Crippen LogP contribution in [0.5, 0.6) is 0 Å². The Morgan fingerprint density at radius 1 is 1.56 bits per heavy atom. The van der Waals surface area contributed by atoms with Crippen LogP contribution in [-0.4, -0.2) is 34.9 Å². The van der Waals surface area contributed by atoms with E-state index < -0.39 is 0 Å². The Balaban J connectivity index is 2.23. The fourth-order valence-electron chi connectivity index (χ4n) is 2.33. The summed E-state index contributed by atoms with van der Waals surface area (Å²) in [6, 6.07) is -0.260. The lowest BCUT2D eigenvalue weighted by molar-refractivity contribution is -0.113. The smallest absolute Gasteiger partial charge is 0.145 e. The van der Waals surface area contributed by atoms with Crippen molar-refractivity contribution in [3.8, 4) is 0 Å². The van der Waals surface area contributed by atoms with Crippen molar-refractivity contribution in [2.75, 3.05) is 13.6 Å². The average molecular weight is 250 g/mol. The van der Waals surface area contributed by atoms with Gasteiger partial charge < -0.3 is 10.1 Å². The third-order valence-electron chi connectivity index (χ3n) is 3.72. The quantitative estimate of drug-likeness (QED) is 0.801. The first-order valence-electron chi connectivity index (χ1n) is 6.45. The van der Waals surface area contributed by atoms with Gasteiger partial charge in [-0.2, -0.15) is 0 Å². The summed E-state index contributed by atoms with van der Waals surface area (Å²) in [5.41, 5.74) is 1.01.